The van der Waals surface area contributed by atoms with Crippen molar-refractivity contribution in [2.75, 3.05) is 6.61 Å². The van der Waals surface area contributed by atoms with Crippen LogP contribution >= 0.6 is 11.6 Å². The zero-order valence-electron chi connectivity index (χ0n) is 11.4. The van der Waals surface area contributed by atoms with E-state index < -0.39 is 0 Å². The number of alkyl halides is 1. The molecule has 0 saturated carbocycles. The molecule has 3 rings (SSSR count). The van der Waals surface area contributed by atoms with Gasteiger partial charge in [0.2, 0.25) is 0 Å². The van der Waals surface area contributed by atoms with Crippen molar-refractivity contribution in [3.05, 3.63) is 30.1 Å². The van der Waals surface area contributed by atoms with Crippen LogP contribution in [0.15, 0.2) is 24.3 Å². The van der Waals surface area contributed by atoms with Crippen molar-refractivity contribution < 1.29 is 4.74 Å². The third-order valence-electron chi connectivity index (χ3n) is 3.82. The van der Waals surface area contributed by atoms with Crippen LogP contribution in [0.5, 0.6) is 0 Å². The molecule has 1 unspecified atom stereocenters. The van der Waals surface area contributed by atoms with Crippen molar-refractivity contribution in [2.45, 2.75) is 44.2 Å². The highest BCUT2D eigenvalue weighted by molar-refractivity contribution is 6.16. The summed E-state index contributed by atoms with van der Waals surface area (Å²) in [4.78, 5) is 4.64. The molecule has 2 heterocycles. The number of benzene rings is 1. The predicted molar refractivity (Wildman–Crippen MR) is 77.6 cm³/mol. The zero-order valence-corrected chi connectivity index (χ0v) is 12.2. The van der Waals surface area contributed by atoms with Crippen LogP contribution in [0.2, 0.25) is 0 Å². The van der Waals surface area contributed by atoms with Crippen molar-refractivity contribution >= 4 is 22.6 Å². The van der Waals surface area contributed by atoms with E-state index in [4.69, 9.17) is 16.3 Å². The third-order valence-corrected chi connectivity index (χ3v) is 4.06. The minimum absolute atomic E-state index is 0.0716. The summed E-state index contributed by atoms with van der Waals surface area (Å²) < 4.78 is 8.12. The van der Waals surface area contributed by atoms with E-state index in [1.54, 1.807) is 0 Å². The van der Waals surface area contributed by atoms with Gasteiger partial charge in [0.05, 0.1) is 22.5 Å². The van der Waals surface area contributed by atoms with Crippen LogP contribution in [0.25, 0.3) is 11.0 Å². The van der Waals surface area contributed by atoms with E-state index in [1.807, 2.05) is 12.1 Å². The van der Waals surface area contributed by atoms with Gasteiger partial charge in [-0.2, -0.15) is 0 Å². The maximum Gasteiger partial charge on any atom is 0.125 e. The van der Waals surface area contributed by atoms with Gasteiger partial charge in [-0.3, -0.25) is 0 Å². The van der Waals surface area contributed by atoms with Crippen LogP contribution in [0, 0.1) is 0 Å². The number of ether oxygens (including phenoxy) is 1. The first-order chi connectivity index (χ1) is 9.11. The van der Waals surface area contributed by atoms with Crippen LogP contribution in [0.3, 0.4) is 0 Å². The van der Waals surface area contributed by atoms with E-state index in [0.717, 1.165) is 30.8 Å². The Morgan fingerprint density at radius 2 is 2.21 bits per heavy atom. The Balaban J connectivity index is 2.08. The van der Waals surface area contributed by atoms with Crippen LogP contribution < -0.4 is 0 Å². The molecular weight excluding hydrogens is 260 g/mol. The normalized spacial score (nSPS) is 22.8. The van der Waals surface area contributed by atoms with Crippen LogP contribution in [0.1, 0.15) is 38.6 Å². The molecule has 0 N–H and O–H groups in total. The molecule has 3 nitrogen and oxygen atoms in total. The fourth-order valence-electron chi connectivity index (χ4n) is 3.02. The van der Waals surface area contributed by atoms with Gasteiger partial charge in [-0.05, 0) is 38.8 Å². The molecule has 0 amide bonds. The number of rotatable bonds is 2. The lowest BCUT2D eigenvalue weighted by molar-refractivity contribution is -0.0687. The van der Waals surface area contributed by atoms with Crippen molar-refractivity contribution in [1.29, 1.82) is 0 Å². The Kier molecular flexibility index (Phi) is 3.27. The van der Waals surface area contributed by atoms with Crippen molar-refractivity contribution in [3.63, 3.8) is 0 Å². The molecule has 4 heteroatoms. The van der Waals surface area contributed by atoms with Crippen LogP contribution in [-0.4, -0.2) is 21.8 Å². The van der Waals surface area contributed by atoms with E-state index in [-0.39, 0.29) is 5.60 Å². The molecule has 2 aromatic rings. The highest BCUT2D eigenvalue weighted by Crippen LogP contribution is 2.35. The average molecular weight is 279 g/mol. The Morgan fingerprint density at radius 1 is 1.42 bits per heavy atom. The quantitative estimate of drug-likeness (QED) is 0.779. The number of halogens is 1. The number of fused-ring (bicyclic) bond motifs is 1. The molecule has 0 spiro atoms. The van der Waals surface area contributed by atoms with Crippen molar-refractivity contribution in [2.24, 2.45) is 0 Å². The molecule has 1 fully saturated rings. The first kappa shape index (κ1) is 12.9. The highest BCUT2D eigenvalue weighted by Gasteiger charge is 2.31. The van der Waals surface area contributed by atoms with Gasteiger partial charge in [0.25, 0.3) is 0 Å². The van der Waals surface area contributed by atoms with Gasteiger partial charge in [0.15, 0.2) is 0 Å². The molecule has 0 bridgehead atoms. The molecule has 1 atom stereocenters. The predicted octanol–water partition coefficient (Wildman–Crippen LogP) is 3.91. The smallest absolute Gasteiger partial charge is 0.125 e. The molecule has 1 aromatic heterocycles. The fraction of sp³-hybridized carbons (Fsp3) is 0.533. The number of hydrogen-bond acceptors (Lipinski definition) is 2. The minimum atomic E-state index is -0.0716. The fourth-order valence-corrected chi connectivity index (χ4v) is 3.20. The summed E-state index contributed by atoms with van der Waals surface area (Å²) in [6.07, 6.45) is 2.02. The van der Waals surface area contributed by atoms with Crippen LogP contribution in [-0.2, 0) is 10.6 Å². The molecule has 0 aliphatic carbocycles. The van der Waals surface area contributed by atoms with Gasteiger partial charge in [0.1, 0.15) is 5.82 Å². The van der Waals surface area contributed by atoms with Gasteiger partial charge in [0, 0.05) is 12.6 Å². The molecular formula is C15H19ClN2O. The second kappa shape index (κ2) is 4.80. The van der Waals surface area contributed by atoms with Gasteiger partial charge < -0.3 is 9.30 Å². The number of hydrogen-bond donors (Lipinski definition) is 0. The van der Waals surface area contributed by atoms with Gasteiger partial charge in [-0.15, -0.1) is 11.6 Å². The number of imidazole rings is 1. The summed E-state index contributed by atoms with van der Waals surface area (Å²) in [6, 6.07) is 8.67. The summed E-state index contributed by atoms with van der Waals surface area (Å²) in [5.41, 5.74) is 2.14. The first-order valence-corrected chi connectivity index (χ1v) is 7.30. The van der Waals surface area contributed by atoms with E-state index >= 15 is 0 Å². The van der Waals surface area contributed by atoms with E-state index in [2.05, 4.69) is 35.5 Å². The lowest BCUT2D eigenvalue weighted by Crippen LogP contribution is -2.35. The average Bonchev–Trinajstić information content (AvgIpc) is 2.75. The van der Waals surface area contributed by atoms with Crippen LogP contribution in [0.4, 0.5) is 0 Å². The Hall–Kier alpha value is -1.06. The summed E-state index contributed by atoms with van der Waals surface area (Å²) in [5, 5.41) is 0. The third kappa shape index (κ3) is 2.37. The maximum atomic E-state index is 6.08. The number of para-hydroxylation sites is 2. The van der Waals surface area contributed by atoms with E-state index in [9.17, 15) is 0 Å². The molecule has 19 heavy (non-hydrogen) atoms. The molecule has 0 radical (unpaired) electrons. The topological polar surface area (TPSA) is 27.1 Å². The molecule has 1 aromatic carbocycles. The lowest BCUT2D eigenvalue weighted by Gasteiger charge is -2.36. The number of nitrogens with zero attached hydrogens (tertiary/aromatic N) is 2. The van der Waals surface area contributed by atoms with Crippen molar-refractivity contribution in [1.82, 2.24) is 9.55 Å². The molecule has 1 saturated heterocycles. The maximum absolute atomic E-state index is 6.08. The molecule has 1 aliphatic rings. The van der Waals surface area contributed by atoms with Gasteiger partial charge >= 0.3 is 0 Å². The second-order valence-corrected chi connectivity index (χ2v) is 6.04. The number of aromatic nitrogens is 2. The monoisotopic (exact) mass is 278 g/mol. The van der Waals surface area contributed by atoms with Crippen molar-refractivity contribution in [3.8, 4) is 0 Å². The summed E-state index contributed by atoms with van der Waals surface area (Å²) in [7, 11) is 0. The standard InChI is InChI=1S/C15H19ClN2O/c1-15(2)9-11(7-8-19-15)18-13-6-4-3-5-12(13)17-14(18)10-16/h3-6,11H,7-10H2,1-2H3. The van der Waals surface area contributed by atoms with Gasteiger partial charge in [-0.1, -0.05) is 12.1 Å². The summed E-state index contributed by atoms with van der Waals surface area (Å²) >= 11 is 6.08. The second-order valence-electron chi connectivity index (χ2n) is 5.78. The zero-order chi connectivity index (χ0) is 13.5. The summed E-state index contributed by atoms with van der Waals surface area (Å²) in [5.74, 6) is 1.41. The van der Waals surface area contributed by atoms with E-state index in [1.165, 1.54) is 5.52 Å². The molecule has 102 valence electrons. The minimum Gasteiger partial charge on any atom is -0.375 e. The molecule has 1 aliphatic heterocycles. The summed E-state index contributed by atoms with van der Waals surface area (Å²) in [6.45, 7) is 5.10. The lowest BCUT2D eigenvalue weighted by atomic mass is 9.93. The largest absolute Gasteiger partial charge is 0.375 e. The SMILES string of the molecule is CC1(C)CC(n2c(CCl)nc3ccccc32)CCO1. The first-order valence-electron chi connectivity index (χ1n) is 6.76. The van der Waals surface area contributed by atoms with Gasteiger partial charge in [-0.25, -0.2) is 4.98 Å². The highest BCUT2D eigenvalue weighted by atomic mass is 35.5. The van der Waals surface area contributed by atoms with E-state index in [0.29, 0.717) is 11.9 Å². The Labute approximate surface area is 118 Å². The Morgan fingerprint density at radius 3 is 2.95 bits per heavy atom. The Bertz CT molecular complexity index is 591.